The van der Waals surface area contributed by atoms with Crippen LogP contribution in [0.2, 0.25) is 13.1 Å². The van der Waals surface area contributed by atoms with Crippen molar-refractivity contribution in [3.8, 4) is 0 Å². The first-order valence-corrected chi connectivity index (χ1v) is 7.10. The Morgan fingerprint density at radius 1 is 1.00 bits per heavy atom. The topological polar surface area (TPSA) is 9.23 Å². The van der Waals surface area contributed by atoms with Crippen molar-refractivity contribution in [3.05, 3.63) is 29.3 Å². The summed E-state index contributed by atoms with van der Waals surface area (Å²) in [4.78, 5) is 0. The molecule has 6 heteroatoms. The van der Waals surface area contributed by atoms with Crippen molar-refractivity contribution in [2.45, 2.75) is 13.1 Å². The molecule has 15 heavy (non-hydrogen) atoms. The van der Waals surface area contributed by atoms with Gasteiger partial charge in [0.15, 0.2) is 23.3 Å². The van der Waals surface area contributed by atoms with Crippen molar-refractivity contribution in [1.82, 2.24) is 0 Å². The molecule has 0 fully saturated rings. The minimum atomic E-state index is -2.71. The molecule has 0 spiro atoms. The molecular formula is C9H10F4OSi. The number of hydrogen-bond donors (Lipinski definition) is 0. The molecule has 0 N–H and O–H groups in total. The highest BCUT2D eigenvalue weighted by molar-refractivity contribution is 6.84. The molecule has 0 aromatic heterocycles. The van der Waals surface area contributed by atoms with E-state index in [0.29, 0.717) is 6.07 Å². The highest BCUT2D eigenvalue weighted by Crippen LogP contribution is 2.16. The van der Waals surface area contributed by atoms with Gasteiger partial charge >= 0.3 is 0 Å². The molecule has 1 aromatic rings. The molecule has 1 aromatic carbocycles. The van der Waals surface area contributed by atoms with E-state index in [1.165, 1.54) is 7.11 Å². The lowest BCUT2D eigenvalue weighted by Gasteiger charge is -2.21. The van der Waals surface area contributed by atoms with Crippen LogP contribution in [0, 0.1) is 23.3 Å². The molecule has 0 radical (unpaired) electrons. The smallest absolute Gasteiger partial charge is 0.220 e. The van der Waals surface area contributed by atoms with Crippen molar-refractivity contribution < 1.29 is 22.0 Å². The van der Waals surface area contributed by atoms with Gasteiger partial charge in [-0.3, -0.25) is 0 Å². The quantitative estimate of drug-likeness (QED) is 0.332. The molecule has 0 unspecified atom stereocenters. The third kappa shape index (κ3) is 2.05. The van der Waals surface area contributed by atoms with E-state index in [1.807, 2.05) is 0 Å². The van der Waals surface area contributed by atoms with Gasteiger partial charge in [-0.05, 0) is 19.2 Å². The average Bonchev–Trinajstić information content (AvgIpc) is 2.20. The van der Waals surface area contributed by atoms with Crippen molar-refractivity contribution in [2.75, 3.05) is 7.11 Å². The Hall–Kier alpha value is -0.883. The van der Waals surface area contributed by atoms with Gasteiger partial charge < -0.3 is 4.43 Å². The van der Waals surface area contributed by atoms with E-state index in [-0.39, 0.29) is 5.19 Å². The van der Waals surface area contributed by atoms with E-state index >= 15 is 0 Å². The Bertz CT molecular complexity index is 392. The Morgan fingerprint density at radius 2 is 1.53 bits per heavy atom. The molecule has 84 valence electrons. The van der Waals surface area contributed by atoms with Crippen LogP contribution >= 0.6 is 0 Å². The van der Waals surface area contributed by atoms with Gasteiger partial charge in [0.1, 0.15) is 0 Å². The molecule has 1 nitrogen and oxygen atoms in total. The van der Waals surface area contributed by atoms with Gasteiger partial charge in [-0.25, -0.2) is 17.6 Å². The summed E-state index contributed by atoms with van der Waals surface area (Å²) in [7, 11) is -1.38. The fourth-order valence-corrected chi connectivity index (χ4v) is 2.45. The van der Waals surface area contributed by atoms with Crippen LogP contribution in [0.3, 0.4) is 0 Å². The summed E-state index contributed by atoms with van der Waals surface area (Å²) < 4.78 is 56.7. The molecule has 0 atom stereocenters. The molecule has 0 saturated carbocycles. The Balaban J connectivity index is 3.45. The van der Waals surface area contributed by atoms with E-state index < -0.39 is 31.6 Å². The Labute approximate surface area is 85.8 Å². The molecule has 0 heterocycles. The van der Waals surface area contributed by atoms with Crippen LogP contribution in [0.15, 0.2) is 6.07 Å². The molecule has 0 aliphatic carbocycles. The second-order valence-corrected chi connectivity index (χ2v) is 7.53. The first kappa shape index (κ1) is 12.2. The average molecular weight is 238 g/mol. The van der Waals surface area contributed by atoms with E-state index in [4.69, 9.17) is 4.43 Å². The fourth-order valence-electron chi connectivity index (χ4n) is 1.12. The first-order valence-electron chi connectivity index (χ1n) is 4.20. The van der Waals surface area contributed by atoms with Gasteiger partial charge in [-0.2, -0.15) is 0 Å². The predicted molar refractivity (Wildman–Crippen MR) is 50.4 cm³/mol. The minimum absolute atomic E-state index is 0.221. The van der Waals surface area contributed by atoms with E-state index in [1.54, 1.807) is 13.1 Å². The van der Waals surface area contributed by atoms with Gasteiger partial charge in [0.25, 0.3) is 0 Å². The van der Waals surface area contributed by atoms with E-state index in [9.17, 15) is 17.6 Å². The van der Waals surface area contributed by atoms with Crippen molar-refractivity contribution >= 4 is 13.5 Å². The maximum atomic E-state index is 13.3. The van der Waals surface area contributed by atoms with Gasteiger partial charge in [0.2, 0.25) is 8.32 Å². The van der Waals surface area contributed by atoms with Crippen molar-refractivity contribution in [2.24, 2.45) is 0 Å². The van der Waals surface area contributed by atoms with Gasteiger partial charge in [-0.15, -0.1) is 0 Å². The molecule has 0 saturated heterocycles. The molecule has 0 aliphatic heterocycles. The standard InChI is InChI=1S/C9H10F4OSi/c1-14-15(2,3)6-4-5(10)7(11)9(13)8(6)12/h4H,1-3H3. The zero-order valence-electron chi connectivity index (χ0n) is 8.50. The van der Waals surface area contributed by atoms with Gasteiger partial charge in [0.05, 0.1) is 0 Å². The Kier molecular flexibility index (Phi) is 3.20. The maximum absolute atomic E-state index is 13.3. The summed E-state index contributed by atoms with van der Waals surface area (Å²) in [6.07, 6.45) is 0. The molecule has 0 amide bonds. The second kappa shape index (κ2) is 3.94. The largest absolute Gasteiger partial charge is 0.416 e. The highest BCUT2D eigenvalue weighted by atomic mass is 28.4. The summed E-state index contributed by atoms with van der Waals surface area (Å²) in [5, 5.41) is -0.221. The summed E-state index contributed by atoms with van der Waals surface area (Å²) in [6.45, 7) is 3.12. The van der Waals surface area contributed by atoms with Crippen LogP contribution in [-0.2, 0) is 4.43 Å². The lowest BCUT2D eigenvalue weighted by Crippen LogP contribution is -2.46. The van der Waals surface area contributed by atoms with Gasteiger partial charge in [-0.1, -0.05) is 0 Å². The normalized spacial score (nSPS) is 11.9. The van der Waals surface area contributed by atoms with E-state index in [2.05, 4.69) is 0 Å². The molecule has 0 aliphatic rings. The molecular weight excluding hydrogens is 228 g/mol. The SMILES string of the molecule is CO[Si](C)(C)c1cc(F)c(F)c(F)c1F. The molecule has 0 bridgehead atoms. The van der Waals surface area contributed by atoms with Crippen LogP contribution in [-0.4, -0.2) is 15.4 Å². The summed E-state index contributed by atoms with van der Waals surface area (Å²) in [6, 6.07) is 0.656. The molecule has 1 rings (SSSR count). The monoisotopic (exact) mass is 238 g/mol. The number of rotatable bonds is 2. The zero-order valence-corrected chi connectivity index (χ0v) is 9.50. The maximum Gasteiger partial charge on any atom is 0.220 e. The zero-order chi connectivity index (χ0) is 11.8. The van der Waals surface area contributed by atoms with Crippen molar-refractivity contribution in [1.29, 1.82) is 0 Å². The summed E-state index contributed by atoms with van der Waals surface area (Å²) in [5.41, 5.74) is 0. The van der Waals surface area contributed by atoms with Crippen LogP contribution in [0.25, 0.3) is 0 Å². The number of benzene rings is 1. The summed E-state index contributed by atoms with van der Waals surface area (Å²) in [5.74, 6) is -6.35. The third-order valence-corrected chi connectivity index (χ3v) is 4.94. The number of halogens is 4. The van der Waals surface area contributed by atoms with Crippen LogP contribution in [0.4, 0.5) is 17.6 Å². The predicted octanol–water partition coefficient (Wildman–Crippen LogP) is 2.30. The minimum Gasteiger partial charge on any atom is -0.416 e. The van der Waals surface area contributed by atoms with Gasteiger partial charge in [0, 0.05) is 12.3 Å². The lowest BCUT2D eigenvalue weighted by molar-refractivity contribution is 0.399. The van der Waals surface area contributed by atoms with Crippen molar-refractivity contribution in [3.63, 3.8) is 0 Å². The summed E-state index contributed by atoms with van der Waals surface area (Å²) >= 11 is 0. The fraction of sp³-hybridized carbons (Fsp3) is 0.333. The Morgan fingerprint density at radius 3 is 2.00 bits per heavy atom. The first-order chi connectivity index (χ1) is 6.81. The van der Waals surface area contributed by atoms with Crippen LogP contribution in [0.5, 0.6) is 0 Å². The van der Waals surface area contributed by atoms with E-state index in [0.717, 1.165) is 0 Å². The van der Waals surface area contributed by atoms with Crippen LogP contribution in [0.1, 0.15) is 0 Å². The number of hydrogen-bond acceptors (Lipinski definition) is 1. The third-order valence-electron chi connectivity index (χ3n) is 2.26. The highest BCUT2D eigenvalue weighted by Gasteiger charge is 2.31. The second-order valence-electron chi connectivity index (χ2n) is 3.56. The lowest BCUT2D eigenvalue weighted by atomic mass is 10.3. The van der Waals surface area contributed by atoms with Crippen LogP contribution < -0.4 is 5.19 Å².